The minimum absolute atomic E-state index is 0.202. The highest BCUT2D eigenvalue weighted by molar-refractivity contribution is 7.99. The molecule has 17 heavy (non-hydrogen) atoms. The summed E-state index contributed by atoms with van der Waals surface area (Å²) in [5.41, 5.74) is 5.98. The molecule has 1 unspecified atom stereocenters. The van der Waals surface area contributed by atoms with Gasteiger partial charge in [-0.3, -0.25) is 0 Å². The van der Waals surface area contributed by atoms with Gasteiger partial charge in [-0.1, -0.05) is 6.42 Å². The molecule has 2 heterocycles. The molecule has 1 aliphatic rings. The van der Waals surface area contributed by atoms with Crippen LogP contribution in [0, 0.1) is 0 Å². The van der Waals surface area contributed by atoms with E-state index in [1.807, 2.05) is 11.8 Å². The van der Waals surface area contributed by atoms with Crippen molar-refractivity contribution in [2.24, 2.45) is 0 Å². The standard InChI is InChI=1S/C11H15N3O2S/c1-16-11(15)7-6-13-10(14-9(7)12)8-4-2-3-5-17-8/h6,8H,2-5H2,1H3,(H2,12,13,14). The predicted octanol–water partition coefficient (Wildman–Crippen LogP) is 1.80. The highest BCUT2D eigenvalue weighted by Crippen LogP contribution is 2.36. The van der Waals surface area contributed by atoms with E-state index in [0.29, 0.717) is 5.25 Å². The van der Waals surface area contributed by atoms with Gasteiger partial charge in [-0.15, -0.1) is 0 Å². The van der Waals surface area contributed by atoms with E-state index in [9.17, 15) is 4.79 Å². The van der Waals surface area contributed by atoms with Crippen LogP contribution < -0.4 is 5.73 Å². The fraction of sp³-hybridized carbons (Fsp3) is 0.545. The number of methoxy groups -OCH3 is 1. The Morgan fingerprint density at radius 1 is 1.59 bits per heavy atom. The van der Waals surface area contributed by atoms with E-state index in [1.165, 1.54) is 26.1 Å². The fourth-order valence-electron chi connectivity index (χ4n) is 1.78. The second kappa shape index (κ2) is 5.35. The van der Waals surface area contributed by atoms with Gasteiger partial charge in [-0.25, -0.2) is 14.8 Å². The van der Waals surface area contributed by atoms with E-state index in [4.69, 9.17) is 5.73 Å². The van der Waals surface area contributed by atoms with Crippen LogP contribution >= 0.6 is 11.8 Å². The van der Waals surface area contributed by atoms with E-state index >= 15 is 0 Å². The number of nitrogens with zero attached hydrogens (tertiary/aromatic N) is 2. The van der Waals surface area contributed by atoms with Gasteiger partial charge in [0, 0.05) is 6.20 Å². The molecule has 0 aromatic carbocycles. The van der Waals surface area contributed by atoms with Gasteiger partial charge in [0.25, 0.3) is 0 Å². The Balaban J connectivity index is 2.20. The summed E-state index contributed by atoms with van der Waals surface area (Å²) < 4.78 is 4.60. The molecule has 0 amide bonds. The number of aromatic nitrogens is 2. The van der Waals surface area contributed by atoms with Crippen molar-refractivity contribution < 1.29 is 9.53 Å². The maximum atomic E-state index is 11.3. The summed E-state index contributed by atoms with van der Waals surface area (Å²) in [5, 5.41) is 0.303. The van der Waals surface area contributed by atoms with Crippen molar-refractivity contribution in [2.75, 3.05) is 18.6 Å². The third-order valence-electron chi connectivity index (χ3n) is 2.71. The Morgan fingerprint density at radius 2 is 2.41 bits per heavy atom. The maximum absolute atomic E-state index is 11.3. The molecule has 1 aromatic rings. The summed E-state index contributed by atoms with van der Waals surface area (Å²) in [6.45, 7) is 0. The predicted molar refractivity (Wildman–Crippen MR) is 66.8 cm³/mol. The van der Waals surface area contributed by atoms with Crippen molar-refractivity contribution in [1.82, 2.24) is 9.97 Å². The third kappa shape index (κ3) is 2.69. The molecule has 0 bridgehead atoms. The lowest BCUT2D eigenvalue weighted by Gasteiger charge is -2.20. The number of nitrogens with two attached hydrogens (primary N) is 1. The normalized spacial score (nSPS) is 19.9. The zero-order valence-corrected chi connectivity index (χ0v) is 10.5. The molecule has 5 nitrogen and oxygen atoms in total. The third-order valence-corrected chi connectivity index (χ3v) is 4.08. The van der Waals surface area contributed by atoms with Crippen LogP contribution in [0.1, 0.15) is 40.7 Å². The smallest absolute Gasteiger partial charge is 0.343 e. The van der Waals surface area contributed by atoms with Gasteiger partial charge in [-0.2, -0.15) is 11.8 Å². The Hall–Kier alpha value is -1.30. The van der Waals surface area contributed by atoms with Gasteiger partial charge in [0.1, 0.15) is 17.2 Å². The fourth-order valence-corrected chi connectivity index (χ4v) is 3.03. The SMILES string of the molecule is COC(=O)c1cnc(C2CCCCS2)nc1N. The monoisotopic (exact) mass is 253 g/mol. The molecule has 0 radical (unpaired) electrons. The first-order valence-electron chi connectivity index (χ1n) is 5.54. The molecule has 2 N–H and O–H groups in total. The molecule has 1 fully saturated rings. The number of nitrogen functional groups attached to an aromatic ring is 1. The second-order valence-electron chi connectivity index (χ2n) is 3.87. The van der Waals surface area contributed by atoms with Crippen LogP contribution in [-0.4, -0.2) is 28.8 Å². The van der Waals surface area contributed by atoms with Crippen LogP contribution in [0.4, 0.5) is 5.82 Å². The average Bonchev–Trinajstić information content (AvgIpc) is 2.39. The van der Waals surface area contributed by atoms with Gasteiger partial charge in [0.2, 0.25) is 0 Å². The van der Waals surface area contributed by atoms with Crippen LogP contribution in [0.15, 0.2) is 6.20 Å². The molecule has 2 rings (SSSR count). The Kier molecular flexibility index (Phi) is 3.83. The molecule has 1 aliphatic heterocycles. The summed E-state index contributed by atoms with van der Waals surface area (Å²) in [6, 6.07) is 0. The van der Waals surface area contributed by atoms with Gasteiger partial charge in [0.05, 0.1) is 12.4 Å². The number of ether oxygens (including phenoxy) is 1. The minimum Gasteiger partial charge on any atom is -0.465 e. The van der Waals surface area contributed by atoms with E-state index in [-0.39, 0.29) is 11.4 Å². The average molecular weight is 253 g/mol. The maximum Gasteiger partial charge on any atom is 0.343 e. The Morgan fingerprint density at radius 3 is 3.00 bits per heavy atom. The molecule has 92 valence electrons. The molecule has 6 heteroatoms. The van der Waals surface area contributed by atoms with E-state index in [2.05, 4.69) is 14.7 Å². The summed E-state index contributed by atoms with van der Waals surface area (Å²) in [5.74, 6) is 1.56. The lowest BCUT2D eigenvalue weighted by atomic mass is 10.2. The topological polar surface area (TPSA) is 78.1 Å². The van der Waals surface area contributed by atoms with Crippen LogP contribution in [0.5, 0.6) is 0 Å². The molecule has 1 saturated heterocycles. The molecule has 1 aromatic heterocycles. The summed E-state index contributed by atoms with van der Waals surface area (Å²) in [4.78, 5) is 19.8. The number of hydrogen-bond donors (Lipinski definition) is 1. The Labute approximate surface area is 104 Å². The quantitative estimate of drug-likeness (QED) is 0.810. The molecule has 0 saturated carbocycles. The first-order valence-corrected chi connectivity index (χ1v) is 6.59. The highest BCUT2D eigenvalue weighted by atomic mass is 32.2. The van der Waals surface area contributed by atoms with Crippen LogP contribution in [0.3, 0.4) is 0 Å². The number of esters is 1. The van der Waals surface area contributed by atoms with Crippen molar-refractivity contribution in [1.29, 1.82) is 0 Å². The van der Waals surface area contributed by atoms with Crippen molar-refractivity contribution in [3.63, 3.8) is 0 Å². The van der Waals surface area contributed by atoms with Gasteiger partial charge < -0.3 is 10.5 Å². The van der Waals surface area contributed by atoms with Crippen molar-refractivity contribution >= 4 is 23.5 Å². The zero-order valence-electron chi connectivity index (χ0n) is 9.68. The highest BCUT2D eigenvalue weighted by Gasteiger charge is 2.21. The van der Waals surface area contributed by atoms with Crippen LogP contribution in [-0.2, 0) is 4.74 Å². The lowest BCUT2D eigenvalue weighted by molar-refractivity contribution is 0.0601. The van der Waals surface area contributed by atoms with Gasteiger partial charge in [-0.05, 0) is 18.6 Å². The Bertz CT molecular complexity index is 419. The molecular weight excluding hydrogens is 238 g/mol. The lowest BCUT2D eigenvalue weighted by Crippen LogP contribution is -2.13. The molecular formula is C11H15N3O2S. The minimum atomic E-state index is -0.495. The van der Waals surface area contributed by atoms with Crippen molar-refractivity contribution in [3.05, 3.63) is 17.6 Å². The van der Waals surface area contributed by atoms with E-state index in [0.717, 1.165) is 18.0 Å². The van der Waals surface area contributed by atoms with Crippen LogP contribution in [0.25, 0.3) is 0 Å². The number of carbonyl (C=O) groups is 1. The van der Waals surface area contributed by atoms with Gasteiger partial charge in [0.15, 0.2) is 0 Å². The number of rotatable bonds is 2. The van der Waals surface area contributed by atoms with Crippen molar-refractivity contribution in [3.8, 4) is 0 Å². The summed E-state index contributed by atoms with van der Waals surface area (Å²) >= 11 is 1.85. The number of thioether (sulfide) groups is 1. The second-order valence-corrected chi connectivity index (χ2v) is 5.18. The van der Waals surface area contributed by atoms with E-state index in [1.54, 1.807) is 0 Å². The first-order chi connectivity index (χ1) is 8.22. The zero-order chi connectivity index (χ0) is 12.3. The largest absolute Gasteiger partial charge is 0.465 e. The van der Waals surface area contributed by atoms with Crippen LogP contribution in [0.2, 0.25) is 0 Å². The number of anilines is 1. The molecule has 1 atom stereocenters. The number of hydrogen-bond acceptors (Lipinski definition) is 6. The first kappa shape index (κ1) is 12.2. The van der Waals surface area contributed by atoms with E-state index < -0.39 is 5.97 Å². The van der Waals surface area contributed by atoms with Crippen molar-refractivity contribution in [2.45, 2.75) is 24.5 Å². The van der Waals surface area contributed by atoms with Gasteiger partial charge >= 0.3 is 5.97 Å². The summed E-state index contributed by atoms with van der Waals surface area (Å²) in [7, 11) is 1.31. The summed E-state index contributed by atoms with van der Waals surface area (Å²) in [6.07, 6.45) is 4.97. The number of carbonyl (C=O) groups excluding carboxylic acids is 1. The molecule has 0 aliphatic carbocycles. The molecule has 0 spiro atoms.